The Balaban J connectivity index is 2.13. The minimum absolute atomic E-state index is 0.251. The van der Waals surface area contributed by atoms with Crippen molar-refractivity contribution in [2.45, 2.75) is 77.0 Å². The first kappa shape index (κ1) is 20.4. The Morgan fingerprint density at radius 3 is 1.50 bits per heavy atom. The van der Waals surface area contributed by atoms with Gasteiger partial charge in [0.15, 0.2) is 5.78 Å². The Kier molecular flexibility index (Phi) is 10.5. The standard InChI is InChI=1S/C25H34O/c26-25(23-19-15-11-7-3-1-4-8-12-16-20-23)24-21-17-13-9-5-2-6-10-14-18-22-24/h3,5,7,9,11,13,15,17,19,21H,1-2,4,6,8,10,12,14,16,18,20,22H2. The van der Waals surface area contributed by atoms with Crippen LogP contribution in [0.2, 0.25) is 0 Å². The summed E-state index contributed by atoms with van der Waals surface area (Å²) < 4.78 is 0. The second-order valence-corrected chi connectivity index (χ2v) is 7.24. The zero-order chi connectivity index (χ0) is 18.3. The summed E-state index contributed by atoms with van der Waals surface area (Å²) in [5.74, 6) is 0.251. The summed E-state index contributed by atoms with van der Waals surface area (Å²) in [4.78, 5) is 13.1. The van der Waals surface area contributed by atoms with Crippen molar-refractivity contribution < 1.29 is 4.79 Å². The van der Waals surface area contributed by atoms with Crippen LogP contribution in [0.1, 0.15) is 77.0 Å². The van der Waals surface area contributed by atoms with Crippen molar-refractivity contribution in [3.63, 3.8) is 0 Å². The van der Waals surface area contributed by atoms with Gasteiger partial charge in [-0.2, -0.15) is 0 Å². The molecule has 1 heteroatoms. The molecule has 0 atom stereocenters. The summed E-state index contributed by atoms with van der Waals surface area (Å²) >= 11 is 0. The van der Waals surface area contributed by atoms with E-state index in [1.54, 1.807) is 0 Å². The van der Waals surface area contributed by atoms with E-state index in [4.69, 9.17) is 0 Å². The first-order chi connectivity index (χ1) is 12.9. The number of hydrogen-bond acceptors (Lipinski definition) is 1. The summed E-state index contributed by atoms with van der Waals surface area (Å²) in [5, 5.41) is 0. The summed E-state index contributed by atoms with van der Waals surface area (Å²) in [5.41, 5.74) is 1.94. The Bertz CT molecular complexity index is 544. The Morgan fingerprint density at radius 1 is 0.538 bits per heavy atom. The first-order valence-electron chi connectivity index (χ1n) is 10.5. The number of allylic oxidation sites excluding steroid dienone is 12. The lowest BCUT2D eigenvalue weighted by Gasteiger charge is -2.11. The first-order valence-corrected chi connectivity index (χ1v) is 10.5. The average molecular weight is 351 g/mol. The van der Waals surface area contributed by atoms with E-state index in [-0.39, 0.29) is 5.78 Å². The maximum atomic E-state index is 13.1. The molecule has 2 rings (SSSR count). The highest BCUT2D eigenvalue weighted by Crippen LogP contribution is 2.21. The van der Waals surface area contributed by atoms with Gasteiger partial charge in [-0.25, -0.2) is 0 Å². The van der Waals surface area contributed by atoms with E-state index in [1.165, 1.54) is 38.5 Å². The molecule has 0 aromatic carbocycles. The Labute approximate surface area is 160 Å². The Morgan fingerprint density at radius 2 is 1.00 bits per heavy atom. The summed E-state index contributed by atoms with van der Waals surface area (Å²) in [6.07, 6.45) is 34.7. The van der Waals surface area contributed by atoms with Crippen molar-refractivity contribution in [3.05, 3.63) is 71.9 Å². The summed E-state index contributed by atoms with van der Waals surface area (Å²) in [6.45, 7) is 0. The molecule has 0 amide bonds. The smallest absolute Gasteiger partial charge is 0.184 e. The SMILES string of the molecule is O=C(C1=CC=CC=CCCCCCC1)C1=CC=CC=CCCCCCC1. The number of carbonyl (C=O) groups excluding carboxylic acids is 1. The second-order valence-electron chi connectivity index (χ2n) is 7.24. The van der Waals surface area contributed by atoms with E-state index in [2.05, 4.69) is 36.5 Å². The van der Waals surface area contributed by atoms with Gasteiger partial charge in [-0.3, -0.25) is 4.79 Å². The lowest BCUT2D eigenvalue weighted by molar-refractivity contribution is -0.112. The van der Waals surface area contributed by atoms with Gasteiger partial charge in [0.05, 0.1) is 0 Å². The van der Waals surface area contributed by atoms with Gasteiger partial charge < -0.3 is 0 Å². The van der Waals surface area contributed by atoms with Gasteiger partial charge in [-0.1, -0.05) is 86.4 Å². The van der Waals surface area contributed by atoms with Gasteiger partial charge in [0.25, 0.3) is 0 Å². The van der Waals surface area contributed by atoms with Crippen molar-refractivity contribution >= 4 is 5.78 Å². The molecular weight excluding hydrogens is 316 g/mol. The molecule has 2 aliphatic rings. The molecule has 0 heterocycles. The molecule has 0 radical (unpaired) electrons. The summed E-state index contributed by atoms with van der Waals surface area (Å²) in [6, 6.07) is 0. The van der Waals surface area contributed by atoms with Gasteiger partial charge >= 0.3 is 0 Å². The molecule has 0 fully saturated rings. The number of rotatable bonds is 2. The fraction of sp³-hybridized carbons (Fsp3) is 0.480. The fourth-order valence-electron chi connectivity index (χ4n) is 3.44. The number of carbonyl (C=O) groups is 1. The molecular formula is C25H34O. The average Bonchev–Trinajstić information content (AvgIpc) is 2.62. The monoisotopic (exact) mass is 350 g/mol. The van der Waals surface area contributed by atoms with Gasteiger partial charge in [0.2, 0.25) is 0 Å². The minimum atomic E-state index is 0.251. The fourth-order valence-corrected chi connectivity index (χ4v) is 3.44. The van der Waals surface area contributed by atoms with Crippen LogP contribution in [0.4, 0.5) is 0 Å². The van der Waals surface area contributed by atoms with Crippen LogP contribution in [0, 0.1) is 0 Å². The van der Waals surface area contributed by atoms with Gasteiger partial charge in [0, 0.05) is 0 Å². The largest absolute Gasteiger partial charge is 0.289 e. The van der Waals surface area contributed by atoms with E-state index < -0.39 is 0 Å². The van der Waals surface area contributed by atoms with Crippen molar-refractivity contribution in [1.82, 2.24) is 0 Å². The third kappa shape index (κ3) is 8.47. The quantitative estimate of drug-likeness (QED) is 0.509. The highest BCUT2D eigenvalue weighted by molar-refractivity contribution is 6.08. The van der Waals surface area contributed by atoms with Crippen LogP contribution < -0.4 is 0 Å². The Hall–Kier alpha value is -1.89. The third-order valence-electron chi connectivity index (χ3n) is 5.03. The second kappa shape index (κ2) is 13.3. The van der Waals surface area contributed by atoms with E-state index in [0.29, 0.717) is 0 Å². The van der Waals surface area contributed by atoms with Gasteiger partial charge in [0.1, 0.15) is 0 Å². The zero-order valence-electron chi connectivity index (χ0n) is 16.2. The molecule has 0 aliphatic heterocycles. The topological polar surface area (TPSA) is 17.1 Å². The van der Waals surface area contributed by atoms with Crippen molar-refractivity contribution in [2.24, 2.45) is 0 Å². The lowest BCUT2D eigenvalue weighted by Crippen LogP contribution is -2.07. The molecule has 0 spiro atoms. The third-order valence-corrected chi connectivity index (χ3v) is 5.03. The van der Waals surface area contributed by atoms with Crippen LogP contribution in [0.15, 0.2) is 71.9 Å². The van der Waals surface area contributed by atoms with E-state index >= 15 is 0 Å². The number of Topliss-reactive ketones (excluding diaryl/α,β-unsaturated/α-hetero) is 1. The van der Waals surface area contributed by atoms with Crippen LogP contribution in [0.3, 0.4) is 0 Å². The number of ketones is 1. The molecule has 0 saturated heterocycles. The molecule has 26 heavy (non-hydrogen) atoms. The van der Waals surface area contributed by atoms with Crippen molar-refractivity contribution in [1.29, 1.82) is 0 Å². The molecule has 0 aromatic heterocycles. The van der Waals surface area contributed by atoms with Gasteiger partial charge in [-0.05, 0) is 62.5 Å². The molecule has 0 N–H and O–H groups in total. The number of hydrogen-bond donors (Lipinski definition) is 0. The highest BCUT2D eigenvalue weighted by atomic mass is 16.1. The van der Waals surface area contributed by atoms with Crippen LogP contribution >= 0.6 is 0 Å². The van der Waals surface area contributed by atoms with E-state index in [0.717, 1.165) is 49.7 Å². The predicted octanol–water partition coefficient (Wildman–Crippen LogP) is 7.34. The van der Waals surface area contributed by atoms with Crippen LogP contribution in [0.25, 0.3) is 0 Å². The van der Waals surface area contributed by atoms with E-state index in [1.807, 2.05) is 24.3 Å². The van der Waals surface area contributed by atoms with Crippen LogP contribution in [-0.2, 0) is 4.79 Å². The molecule has 0 unspecified atom stereocenters. The molecule has 140 valence electrons. The summed E-state index contributed by atoms with van der Waals surface area (Å²) in [7, 11) is 0. The predicted molar refractivity (Wildman–Crippen MR) is 113 cm³/mol. The normalized spacial score (nSPS) is 20.8. The highest BCUT2D eigenvalue weighted by Gasteiger charge is 2.14. The lowest BCUT2D eigenvalue weighted by atomic mass is 9.93. The molecule has 1 nitrogen and oxygen atoms in total. The molecule has 2 aliphatic carbocycles. The van der Waals surface area contributed by atoms with Crippen LogP contribution in [-0.4, -0.2) is 5.78 Å². The van der Waals surface area contributed by atoms with Crippen molar-refractivity contribution in [3.8, 4) is 0 Å². The molecule has 0 bridgehead atoms. The van der Waals surface area contributed by atoms with Crippen molar-refractivity contribution in [2.75, 3.05) is 0 Å². The van der Waals surface area contributed by atoms with Crippen LogP contribution in [0.5, 0.6) is 0 Å². The zero-order valence-corrected chi connectivity index (χ0v) is 16.2. The maximum Gasteiger partial charge on any atom is 0.184 e. The maximum absolute atomic E-state index is 13.1. The molecule has 0 aromatic rings. The minimum Gasteiger partial charge on any atom is -0.289 e. The molecule has 0 saturated carbocycles. The van der Waals surface area contributed by atoms with Gasteiger partial charge in [-0.15, -0.1) is 0 Å². The van der Waals surface area contributed by atoms with E-state index in [9.17, 15) is 4.79 Å².